The van der Waals surface area contributed by atoms with Crippen molar-refractivity contribution in [2.24, 2.45) is 0 Å². The Bertz CT molecular complexity index is 920. The number of nitrogens with zero attached hydrogens (tertiary/aromatic N) is 3. The minimum Gasteiger partial charge on any atom is -0.448 e. The maximum absolute atomic E-state index is 13.4. The van der Waals surface area contributed by atoms with Gasteiger partial charge < -0.3 is 14.5 Å². The first-order valence-electron chi connectivity index (χ1n) is 12.8. The second-order valence-corrected chi connectivity index (χ2v) is 12.3. The molecule has 3 aliphatic rings. The highest BCUT2D eigenvalue weighted by Gasteiger charge is 2.37. The van der Waals surface area contributed by atoms with Crippen molar-refractivity contribution in [3.8, 4) is 0 Å². The van der Waals surface area contributed by atoms with Gasteiger partial charge in [-0.1, -0.05) is 23.3 Å². The third-order valence-corrected chi connectivity index (χ3v) is 9.51. The Kier molecular flexibility index (Phi) is 9.41. The second kappa shape index (κ2) is 11.9. The molecule has 0 bridgehead atoms. The van der Waals surface area contributed by atoms with Gasteiger partial charge >= 0.3 is 6.09 Å². The topological polar surface area (TPSA) is 70.2 Å². The number of rotatable bonds is 7. The molecule has 0 aromatic rings. The van der Waals surface area contributed by atoms with Crippen molar-refractivity contribution < 1.29 is 17.9 Å². The fourth-order valence-electron chi connectivity index (χ4n) is 5.39. The van der Waals surface area contributed by atoms with E-state index in [9.17, 15) is 13.2 Å². The van der Waals surface area contributed by atoms with Crippen molar-refractivity contribution >= 4 is 16.1 Å². The zero-order valence-electron chi connectivity index (χ0n) is 21.7. The monoisotopic (exact) mass is 493 g/mol. The number of carbonyl (C=O) groups excluding carboxylic acids is 1. The maximum atomic E-state index is 13.4. The smallest absolute Gasteiger partial charge is 0.409 e. The van der Waals surface area contributed by atoms with Gasteiger partial charge in [-0.2, -0.15) is 4.31 Å². The first-order chi connectivity index (χ1) is 16.1. The normalized spacial score (nSPS) is 24.3. The van der Waals surface area contributed by atoms with Gasteiger partial charge in [0.05, 0.1) is 10.9 Å². The Morgan fingerprint density at radius 3 is 2.15 bits per heavy atom. The van der Waals surface area contributed by atoms with E-state index in [1.165, 1.54) is 35.8 Å². The van der Waals surface area contributed by atoms with E-state index < -0.39 is 10.0 Å². The van der Waals surface area contributed by atoms with Crippen LogP contribution in [0.4, 0.5) is 4.79 Å². The highest BCUT2D eigenvalue weighted by Crippen LogP contribution is 2.28. The lowest BCUT2D eigenvalue weighted by molar-refractivity contribution is 0.0672. The van der Waals surface area contributed by atoms with E-state index in [1.807, 2.05) is 39.8 Å². The standard InChI is InChI=1S/C26H43N3O4S/c1-20(2)17-21(3)18-22(4)23(5)34(31,32)29-14-8-9-25(29)19-33-26(30)28-15-10-24(11-16-28)27-12-6-7-13-27/h17-18,24-25H,6-16,19H2,1-5H3/b21-18-,23-22+/t25-/m0/s1. The maximum Gasteiger partial charge on any atom is 0.409 e. The van der Waals surface area contributed by atoms with E-state index in [4.69, 9.17) is 4.74 Å². The van der Waals surface area contributed by atoms with Crippen molar-refractivity contribution in [3.05, 3.63) is 33.8 Å². The first-order valence-corrected chi connectivity index (χ1v) is 14.2. The van der Waals surface area contributed by atoms with E-state index in [2.05, 4.69) is 4.90 Å². The molecular weight excluding hydrogens is 450 g/mol. The predicted molar refractivity (Wildman–Crippen MR) is 137 cm³/mol. The van der Waals surface area contributed by atoms with Crippen molar-refractivity contribution in [1.82, 2.24) is 14.1 Å². The number of hydrogen-bond donors (Lipinski definition) is 0. The van der Waals surface area contributed by atoms with Crippen LogP contribution >= 0.6 is 0 Å². The van der Waals surface area contributed by atoms with Crippen molar-refractivity contribution in [1.29, 1.82) is 0 Å². The van der Waals surface area contributed by atoms with E-state index in [1.54, 1.807) is 11.8 Å². The molecule has 0 aromatic heterocycles. The lowest BCUT2D eigenvalue weighted by atomic mass is 10.0. The van der Waals surface area contributed by atoms with Crippen LogP contribution in [0, 0.1) is 0 Å². The number of hydrogen-bond acceptors (Lipinski definition) is 5. The molecule has 3 fully saturated rings. The van der Waals surface area contributed by atoms with Crippen LogP contribution in [-0.2, 0) is 14.8 Å². The van der Waals surface area contributed by atoms with Crippen LogP contribution in [0.3, 0.4) is 0 Å². The molecule has 34 heavy (non-hydrogen) atoms. The summed E-state index contributed by atoms with van der Waals surface area (Å²) in [5.74, 6) is 0. The lowest BCUT2D eigenvalue weighted by Crippen LogP contribution is -2.47. The van der Waals surface area contributed by atoms with Gasteiger partial charge in [0.2, 0.25) is 10.0 Å². The molecule has 3 aliphatic heterocycles. The minimum atomic E-state index is -3.61. The largest absolute Gasteiger partial charge is 0.448 e. The van der Waals surface area contributed by atoms with Gasteiger partial charge in [-0.05, 0) is 91.8 Å². The van der Waals surface area contributed by atoms with Gasteiger partial charge in [-0.3, -0.25) is 0 Å². The molecule has 192 valence electrons. The summed E-state index contributed by atoms with van der Waals surface area (Å²) in [6.07, 6.45) is 9.67. The molecular formula is C26H43N3O4S. The molecule has 1 atom stereocenters. The lowest BCUT2D eigenvalue weighted by Gasteiger charge is -2.36. The Morgan fingerprint density at radius 1 is 0.882 bits per heavy atom. The molecule has 0 saturated carbocycles. The first kappa shape index (κ1) is 27.0. The van der Waals surface area contributed by atoms with Crippen LogP contribution < -0.4 is 0 Å². The summed E-state index contributed by atoms with van der Waals surface area (Å²) in [6, 6.07) is 0.274. The molecule has 0 radical (unpaired) electrons. The molecule has 0 unspecified atom stereocenters. The minimum absolute atomic E-state index is 0.114. The summed E-state index contributed by atoms with van der Waals surface area (Å²) in [5, 5.41) is 0. The molecule has 3 rings (SSSR count). The molecule has 3 saturated heterocycles. The summed E-state index contributed by atoms with van der Waals surface area (Å²) in [5.41, 5.74) is 2.93. The second-order valence-electron chi connectivity index (χ2n) is 10.3. The van der Waals surface area contributed by atoms with Crippen LogP contribution in [0.5, 0.6) is 0 Å². The molecule has 8 heteroatoms. The van der Waals surface area contributed by atoms with Gasteiger partial charge in [0.15, 0.2) is 0 Å². The van der Waals surface area contributed by atoms with Crippen LogP contribution in [0.25, 0.3) is 0 Å². The number of carbonyl (C=O) groups is 1. The third-order valence-electron chi connectivity index (χ3n) is 7.31. The molecule has 1 amide bonds. The van der Waals surface area contributed by atoms with Crippen LogP contribution in [0.2, 0.25) is 0 Å². The molecule has 0 aromatic carbocycles. The van der Waals surface area contributed by atoms with Crippen LogP contribution in [0.15, 0.2) is 33.8 Å². The van der Waals surface area contributed by atoms with E-state index in [-0.39, 0.29) is 18.7 Å². The van der Waals surface area contributed by atoms with Gasteiger partial charge in [0, 0.05) is 25.7 Å². The number of sulfonamides is 1. The van der Waals surface area contributed by atoms with Crippen LogP contribution in [0.1, 0.15) is 73.1 Å². The Hall–Kier alpha value is -1.64. The van der Waals surface area contributed by atoms with Gasteiger partial charge in [-0.15, -0.1) is 0 Å². The predicted octanol–water partition coefficient (Wildman–Crippen LogP) is 4.68. The summed E-state index contributed by atoms with van der Waals surface area (Å²) in [7, 11) is -3.61. The zero-order valence-corrected chi connectivity index (χ0v) is 22.5. The van der Waals surface area contributed by atoms with Crippen molar-refractivity contribution in [2.45, 2.75) is 85.2 Å². The van der Waals surface area contributed by atoms with Gasteiger partial charge in [-0.25, -0.2) is 13.2 Å². The number of amides is 1. The molecule has 0 aliphatic carbocycles. The third kappa shape index (κ3) is 6.73. The summed E-state index contributed by atoms with van der Waals surface area (Å²) in [4.78, 5) is 17.4. The number of allylic oxidation sites excluding steroid dienone is 6. The fraction of sp³-hybridized carbons (Fsp3) is 0.731. The summed E-state index contributed by atoms with van der Waals surface area (Å²) < 4.78 is 33.9. The van der Waals surface area contributed by atoms with E-state index in [0.29, 0.717) is 37.0 Å². The highest BCUT2D eigenvalue weighted by atomic mass is 32.2. The fourth-order valence-corrected chi connectivity index (χ4v) is 7.14. The Morgan fingerprint density at radius 2 is 1.53 bits per heavy atom. The van der Waals surface area contributed by atoms with E-state index in [0.717, 1.165) is 30.4 Å². The molecule has 0 N–H and O–H groups in total. The molecule has 0 spiro atoms. The summed E-state index contributed by atoms with van der Waals surface area (Å²) in [6.45, 7) is 13.9. The Balaban J connectivity index is 1.57. The molecule has 7 nitrogen and oxygen atoms in total. The van der Waals surface area contributed by atoms with Gasteiger partial charge in [0.1, 0.15) is 6.61 Å². The Labute approximate surface area is 206 Å². The summed E-state index contributed by atoms with van der Waals surface area (Å²) >= 11 is 0. The average Bonchev–Trinajstić information content (AvgIpc) is 3.48. The van der Waals surface area contributed by atoms with Crippen LogP contribution in [-0.4, -0.2) is 80.0 Å². The van der Waals surface area contributed by atoms with Gasteiger partial charge in [0.25, 0.3) is 0 Å². The highest BCUT2D eigenvalue weighted by molar-refractivity contribution is 7.93. The molecule has 3 heterocycles. The SMILES string of the molecule is CC(C)=C/C(C)=C\C(C)=C(/C)S(=O)(=O)N1CCC[C@H]1COC(=O)N1CCC(N2CCCC2)CC1. The number of piperidine rings is 1. The van der Waals surface area contributed by atoms with Crippen molar-refractivity contribution in [3.63, 3.8) is 0 Å². The number of ether oxygens (including phenoxy) is 1. The van der Waals surface area contributed by atoms with E-state index >= 15 is 0 Å². The number of likely N-dealkylation sites (tertiary alicyclic amines) is 2. The quantitative estimate of drug-likeness (QED) is 0.482. The zero-order chi connectivity index (χ0) is 24.9. The average molecular weight is 494 g/mol. The van der Waals surface area contributed by atoms with Crippen molar-refractivity contribution in [2.75, 3.05) is 39.3 Å².